The van der Waals surface area contributed by atoms with Crippen molar-refractivity contribution in [3.63, 3.8) is 0 Å². The van der Waals surface area contributed by atoms with Crippen LogP contribution in [0, 0.1) is 16.7 Å². The van der Waals surface area contributed by atoms with Gasteiger partial charge in [-0.2, -0.15) is 5.26 Å². The van der Waals surface area contributed by atoms with Crippen molar-refractivity contribution in [1.29, 1.82) is 5.26 Å². The van der Waals surface area contributed by atoms with E-state index >= 15 is 0 Å². The van der Waals surface area contributed by atoms with E-state index in [2.05, 4.69) is 0 Å². The molecule has 0 heterocycles. The van der Waals surface area contributed by atoms with Crippen molar-refractivity contribution in [2.24, 2.45) is 5.41 Å². The molecule has 62 valence electrons. The Morgan fingerprint density at radius 1 is 1.18 bits per heavy atom. The van der Waals surface area contributed by atoms with E-state index in [4.69, 9.17) is 51.7 Å². The van der Waals surface area contributed by atoms with E-state index in [1.54, 1.807) is 6.92 Å². The van der Waals surface area contributed by atoms with E-state index in [9.17, 15) is 0 Å². The van der Waals surface area contributed by atoms with Crippen LogP contribution in [0.3, 0.4) is 0 Å². The summed E-state index contributed by atoms with van der Waals surface area (Å²) in [7, 11) is 0. The van der Waals surface area contributed by atoms with Gasteiger partial charge in [-0.25, -0.2) is 0 Å². The van der Waals surface area contributed by atoms with Crippen LogP contribution in [0.15, 0.2) is 0 Å². The number of nitriles is 1. The average molecular weight is 233 g/mol. The first kappa shape index (κ1) is 9.74. The third-order valence-corrected chi connectivity index (χ3v) is 4.94. The summed E-state index contributed by atoms with van der Waals surface area (Å²) in [5.41, 5.74) is -1.01. The molecule has 0 spiro atoms. The predicted octanol–water partition coefficient (Wildman–Crippen LogP) is 3.27. The molecule has 0 amide bonds. The van der Waals surface area contributed by atoms with Gasteiger partial charge in [0.15, 0.2) is 8.67 Å². The Hall–Kier alpha value is 0.650. The fraction of sp³-hybridized carbons (Fsp3) is 0.833. The second-order valence-corrected chi connectivity index (χ2v) is 5.17. The molecule has 1 aliphatic carbocycles. The van der Waals surface area contributed by atoms with Crippen molar-refractivity contribution in [2.45, 2.75) is 22.0 Å². The Balaban J connectivity index is 3.06. The molecule has 0 N–H and O–H groups in total. The van der Waals surface area contributed by atoms with E-state index in [0.29, 0.717) is 6.42 Å². The number of hydrogen-bond acceptors (Lipinski definition) is 1. The molecule has 0 aromatic carbocycles. The second-order valence-electron chi connectivity index (χ2n) is 2.52. The topological polar surface area (TPSA) is 23.8 Å². The number of hydrogen-bond donors (Lipinski definition) is 0. The standard InChI is InChI=1S/C6H5Cl4N/c1-2-4(3-11)5(7,8)6(4,9)10/h2H2,1H3. The Morgan fingerprint density at radius 2 is 1.55 bits per heavy atom. The van der Waals surface area contributed by atoms with E-state index < -0.39 is 14.1 Å². The summed E-state index contributed by atoms with van der Waals surface area (Å²) in [6.45, 7) is 1.77. The molecule has 1 rings (SSSR count). The fourth-order valence-corrected chi connectivity index (χ4v) is 3.05. The molecule has 1 nitrogen and oxygen atoms in total. The summed E-state index contributed by atoms with van der Waals surface area (Å²) in [6.07, 6.45) is 0.448. The Morgan fingerprint density at radius 3 is 1.55 bits per heavy atom. The van der Waals surface area contributed by atoms with Crippen LogP contribution >= 0.6 is 46.4 Å². The van der Waals surface area contributed by atoms with Crippen molar-refractivity contribution >= 4 is 46.4 Å². The summed E-state index contributed by atoms with van der Waals surface area (Å²) >= 11 is 22.9. The van der Waals surface area contributed by atoms with Gasteiger partial charge in [0, 0.05) is 0 Å². The van der Waals surface area contributed by atoms with Gasteiger partial charge < -0.3 is 0 Å². The zero-order valence-electron chi connectivity index (χ0n) is 5.67. The van der Waals surface area contributed by atoms with E-state index in [-0.39, 0.29) is 0 Å². The lowest BCUT2D eigenvalue weighted by Crippen LogP contribution is -2.05. The van der Waals surface area contributed by atoms with Crippen molar-refractivity contribution < 1.29 is 0 Å². The van der Waals surface area contributed by atoms with Gasteiger partial charge >= 0.3 is 0 Å². The first-order valence-corrected chi connectivity index (χ1v) is 4.55. The third-order valence-electron chi connectivity index (χ3n) is 2.13. The lowest BCUT2D eigenvalue weighted by Gasteiger charge is -2.01. The van der Waals surface area contributed by atoms with Crippen LogP contribution < -0.4 is 0 Å². The SMILES string of the molecule is CCC1(C#N)C(Cl)(Cl)C1(Cl)Cl. The molecule has 0 aromatic heterocycles. The van der Waals surface area contributed by atoms with Crippen LogP contribution in [0.25, 0.3) is 0 Å². The van der Waals surface area contributed by atoms with Gasteiger partial charge in [0.2, 0.25) is 0 Å². The maximum atomic E-state index is 8.74. The summed E-state index contributed by atoms with van der Waals surface area (Å²) in [6, 6.07) is 1.95. The van der Waals surface area contributed by atoms with Crippen LogP contribution in [0.4, 0.5) is 0 Å². The predicted molar refractivity (Wildman–Crippen MR) is 47.2 cm³/mol. The molecule has 0 atom stereocenters. The van der Waals surface area contributed by atoms with Crippen molar-refractivity contribution in [1.82, 2.24) is 0 Å². The Bertz CT molecular complexity index is 213. The smallest absolute Gasteiger partial charge is 0.174 e. The lowest BCUT2D eigenvalue weighted by atomic mass is 10.1. The van der Waals surface area contributed by atoms with Crippen LogP contribution in [0.2, 0.25) is 0 Å². The molecule has 1 saturated carbocycles. The van der Waals surface area contributed by atoms with Gasteiger partial charge in [-0.05, 0) is 6.42 Å². The molecule has 5 heteroatoms. The van der Waals surface area contributed by atoms with Crippen molar-refractivity contribution in [3.05, 3.63) is 0 Å². The largest absolute Gasteiger partial charge is 0.197 e. The number of alkyl halides is 4. The summed E-state index contributed by atoms with van der Waals surface area (Å²) in [4.78, 5) is 0. The molecule has 0 radical (unpaired) electrons. The van der Waals surface area contributed by atoms with Crippen LogP contribution in [0.1, 0.15) is 13.3 Å². The van der Waals surface area contributed by atoms with Crippen LogP contribution in [0.5, 0.6) is 0 Å². The van der Waals surface area contributed by atoms with Gasteiger partial charge in [0.05, 0.1) is 6.07 Å². The van der Waals surface area contributed by atoms with Crippen molar-refractivity contribution in [3.8, 4) is 6.07 Å². The minimum atomic E-state index is -1.33. The highest BCUT2D eigenvalue weighted by molar-refractivity contribution is 6.69. The van der Waals surface area contributed by atoms with E-state index in [0.717, 1.165) is 0 Å². The summed E-state index contributed by atoms with van der Waals surface area (Å²) in [5, 5.41) is 8.74. The summed E-state index contributed by atoms with van der Waals surface area (Å²) < 4.78 is -2.65. The van der Waals surface area contributed by atoms with Gasteiger partial charge in [0.1, 0.15) is 5.41 Å². The highest BCUT2D eigenvalue weighted by atomic mass is 35.5. The minimum absolute atomic E-state index is 0.448. The molecule has 0 aliphatic heterocycles. The molecule has 1 aliphatic rings. The molecular formula is C6H5Cl4N. The van der Waals surface area contributed by atoms with Gasteiger partial charge in [-0.3, -0.25) is 0 Å². The molecule has 1 fully saturated rings. The Kier molecular flexibility index (Phi) is 2.06. The number of nitrogens with zero attached hydrogens (tertiary/aromatic N) is 1. The number of halogens is 4. The average Bonchev–Trinajstić information content (AvgIpc) is 2.22. The highest BCUT2D eigenvalue weighted by Gasteiger charge is 2.87. The van der Waals surface area contributed by atoms with Crippen LogP contribution in [-0.4, -0.2) is 8.67 Å². The first-order valence-electron chi connectivity index (χ1n) is 3.04. The quantitative estimate of drug-likeness (QED) is 0.637. The monoisotopic (exact) mass is 231 g/mol. The molecule has 0 unspecified atom stereocenters. The van der Waals surface area contributed by atoms with Crippen LogP contribution in [-0.2, 0) is 0 Å². The molecule has 11 heavy (non-hydrogen) atoms. The maximum Gasteiger partial charge on any atom is 0.174 e. The molecule has 0 saturated heterocycles. The normalized spacial score (nSPS) is 29.1. The molecular weight excluding hydrogens is 228 g/mol. The van der Waals surface area contributed by atoms with Gasteiger partial charge in [-0.15, -0.1) is 0 Å². The second kappa shape index (κ2) is 2.33. The fourth-order valence-electron chi connectivity index (χ4n) is 1.13. The zero-order chi connectivity index (χ0) is 8.91. The Labute approximate surface area is 85.2 Å². The van der Waals surface area contributed by atoms with Gasteiger partial charge in [-0.1, -0.05) is 53.3 Å². The molecule has 0 aromatic rings. The first-order chi connectivity index (χ1) is 4.87. The lowest BCUT2D eigenvalue weighted by molar-refractivity contribution is 0.623. The highest BCUT2D eigenvalue weighted by Crippen LogP contribution is 2.78. The van der Waals surface area contributed by atoms with E-state index in [1.165, 1.54) is 0 Å². The summed E-state index contributed by atoms with van der Waals surface area (Å²) in [5.74, 6) is 0. The zero-order valence-corrected chi connectivity index (χ0v) is 8.69. The van der Waals surface area contributed by atoms with Crippen molar-refractivity contribution in [2.75, 3.05) is 0 Å². The third kappa shape index (κ3) is 0.795. The number of rotatable bonds is 1. The van der Waals surface area contributed by atoms with E-state index in [1.807, 2.05) is 6.07 Å². The molecule has 0 bridgehead atoms. The maximum absolute atomic E-state index is 8.74. The minimum Gasteiger partial charge on any atom is -0.197 e. The van der Waals surface area contributed by atoms with Gasteiger partial charge in [0.25, 0.3) is 0 Å².